The Kier molecular flexibility index (Phi) is 8.30. The molecular formula is C23H26ClN5O2S. The molecule has 0 bridgehead atoms. The van der Waals surface area contributed by atoms with Crippen molar-refractivity contribution in [2.24, 2.45) is 0 Å². The Hall–Kier alpha value is -2.84. The van der Waals surface area contributed by atoms with Crippen molar-refractivity contribution in [2.45, 2.75) is 32.0 Å². The number of carbonyl (C=O) groups excluding carboxylic acids is 2. The number of hydrogen-bond donors (Lipinski definition) is 1. The van der Waals surface area contributed by atoms with E-state index in [9.17, 15) is 9.59 Å². The molecule has 0 aliphatic heterocycles. The van der Waals surface area contributed by atoms with Gasteiger partial charge in [0, 0.05) is 28.9 Å². The summed E-state index contributed by atoms with van der Waals surface area (Å²) in [5, 5.41) is 12.8. The molecule has 1 heterocycles. The maximum absolute atomic E-state index is 12.8. The van der Waals surface area contributed by atoms with Crippen LogP contribution in [0.5, 0.6) is 0 Å². The number of halogens is 1. The SMILES string of the molecule is CCN(CC(=O)NC(C)C)C(=O)CSc1nnc(-c2ccccc2)n1-c1ccc(Cl)cc1. The number of rotatable bonds is 9. The van der Waals surface area contributed by atoms with Crippen molar-refractivity contribution in [1.82, 2.24) is 25.0 Å². The number of likely N-dealkylation sites (N-methyl/N-ethyl adjacent to an activating group) is 1. The highest BCUT2D eigenvalue weighted by Crippen LogP contribution is 2.28. The van der Waals surface area contributed by atoms with E-state index in [4.69, 9.17) is 11.6 Å². The summed E-state index contributed by atoms with van der Waals surface area (Å²) in [6.45, 7) is 6.12. The van der Waals surface area contributed by atoms with Gasteiger partial charge in [-0.05, 0) is 45.0 Å². The number of hydrogen-bond acceptors (Lipinski definition) is 5. The van der Waals surface area contributed by atoms with E-state index in [2.05, 4.69) is 15.5 Å². The molecule has 0 unspecified atom stereocenters. The summed E-state index contributed by atoms with van der Waals surface area (Å²) < 4.78 is 1.91. The molecule has 1 aromatic heterocycles. The van der Waals surface area contributed by atoms with Crippen LogP contribution < -0.4 is 5.32 Å². The van der Waals surface area contributed by atoms with Crippen LogP contribution in [-0.4, -0.2) is 56.4 Å². The third-order valence-electron chi connectivity index (χ3n) is 4.59. The van der Waals surface area contributed by atoms with Crippen molar-refractivity contribution in [3.8, 4) is 17.1 Å². The molecule has 0 saturated heterocycles. The van der Waals surface area contributed by atoms with Gasteiger partial charge in [-0.3, -0.25) is 14.2 Å². The Balaban J connectivity index is 1.82. The number of benzene rings is 2. The maximum atomic E-state index is 12.8. The molecule has 0 atom stereocenters. The molecular weight excluding hydrogens is 446 g/mol. The van der Waals surface area contributed by atoms with E-state index < -0.39 is 0 Å². The smallest absolute Gasteiger partial charge is 0.239 e. The Labute approximate surface area is 197 Å². The molecule has 2 aromatic carbocycles. The van der Waals surface area contributed by atoms with Gasteiger partial charge in [0.05, 0.1) is 12.3 Å². The largest absolute Gasteiger partial charge is 0.352 e. The normalized spacial score (nSPS) is 10.9. The van der Waals surface area contributed by atoms with Crippen LogP contribution in [0.4, 0.5) is 0 Å². The topological polar surface area (TPSA) is 80.1 Å². The van der Waals surface area contributed by atoms with Crippen molar-refractivity contribution < 1.29 is 9.59 Å². The highest BCUT2D eigenvalue weighted by Gasteiger charge is 2.20. The Morgan fingerprint density at radius 1 is 1.09 bits per heavy atom. The second-order valence-electron chi connectivity index (χ2n) is 7.40. The molecule has 1 N–H and O–H groups in total. The second-order valence-corrected chi connectivity index (χ2v) is 8.78. The van der Waals surface area contributed by atoms with Crippen LogP contribution in [0.25, 0.3) is 17.1 Å². The maximum Gasteiger partial charge on any atom is 0.239 e. The molecule has 0 aliphatic carbocycles. The summed E-state index contributed by atoms with van der Waals surface area (Å²) in [6.07, 6.45) is 0. The number of nitrogens with zero attached hydrogens (tertiary/aromatic N) is 4. The predicted molar refractivity (Wildman–Crippen MR) is 128 cm³/mol. The van der Waals surface area contributed by atoms with Crippen LogP contribution in [-0.2, 0) is 9.59 Å². The van der Waals surface area contributed by atoms with Gasteiger partial charge < -0.3 is 10.2 Å². The van der Waals surface area contributed by atoms with Gasteiger partial charge in [0.25, 0.3) is 0 Å². The molecule has 7 nitrogen and oxygen atoms in total. The summed E-state index contributed by atoms with van der Waals surface area (Å²) >= 11 is 7.36. The first kappa shape index (κ1) is 23.8. The fourth-order valence-electron chi connectivity index (χ4n) is 3.10. The van der Waals surface area contributed by atoms with Gasteiger partial charge in [-0.15, -0.1) is 10.2 Å². The standard InChI is InChI=1S/C23H26ClN5O2S/c1-4-28(14-20(30)25-16(2)3)21(31)15-32-23-27-26-22(17-8-6-5-7-9-17)29(23)19-12-10-18(24)11-13-19/h5-13,16H,4,14-15H2,1-3H3,(H,25,30). The fraction of sp³-hybridized carbons (Fsp3) is 0.304. The number of thioether (sulfide) groups is 1. The lowest BCUT2D eigenvalue weighted by Crippen LogP contribution is -2.43. The number of carbonyl (C=O) groups is 2. The van der Waals surface area contributed by atoms with Crippen molar-refractivity contribution in [3.05, 3.63) is 59.6 Å². The zero-order valence-electron chi connectivity index (χ0n) is 18.3. The minimum absolute atomic E-state index is 0.0278. The van der Waals surface area contributed by atoms with Crippen molar-refractivity contribution >= 4 is 35.2 Å². The fourth-order valence-corrected chi connectivity index (χ4v) is 4.08. The van der Waals surface area contributed by atoms with Crippen molar-refractivity contribution in [3.63, 3.8) is 0 Å². The minimum Gasteiger partial charge on any atom is -0.352 e. The molecule has 0 spiro atoms. The third kappa shape index (κ3) is 6.11. The van der Waals surface area contributed by atoms with E-state index in [-0.39, 0.29) is 30.2 Å². The zero-order chi connectivity index (χ0) is 23.1. The highest BCUT2D eigenvalue weighted by molar-refractivity contribution is 7.99. The Morgan fingerprint density at radius 3 is 2.41 bits per heavy atom. The number of amides is 2. The summed E-state index contributed by atoms with van der Waals surface area (Å²) in [7, 11) is 0. The van der Waals surface area contributed by atoms with Crippen LogP contribution in [0.3, 0.4) is 0 Å². The van der Waals surface area contributed by atoms with Crippen LogP contribution >= 0.6 is 23.4 Å². The molecule has 0 saturated carbocycles. The second kappa shape index (κ2) is 11.2. The summed E-state index contributed by atoms with van der Waals surface area (Å²) in [4.78, 5) is 26.4. The minimum atomic E-state index is -0.170. The molecule has 32 heavy (non-hydrogen) atoms. The Bertz CT molecular complexity index is 1050. The predicted octanol–water partition coefficient (Wildman–Crippen LogP) is 4.05. The lowest BCUT2D eigenvalue weighted by Gasteiger charge is -2.21. The third-order valence-corrected chi connectivity index (χ3v) is 5.76. The van der Waals surface area contributed by atoms with E-state index in [0.29, 0.717) is 22.5 Å². The van der Waals surface area contributed by atoms with Gasteiger partial charge in [0.2, 0.25) is 11.8 Å². The zero-order valence-corrected chi connectivity index (χ0v) is 19.9. The first-order chi connectivity index (χ1) is 15.4. The summed E-state index contributed by atoms with van der Waals surface area (Å²) in [5.41, 5.74) is 1.76. The highest BCUT2D eigenvalue weighted by atomic mass is 35.5. The van der Waals surface area contributed by atoms with Gasteiger partial charge in [-0.2, -0.15) is 0 Å². The molecule has 0 radical (unpaired) electrons. The monoisotopic (exact) mass is 471 g/mol. The van der Waals surface area contributed by atoms with E-state index in [1.165, 1.54) is 16.7 Å². The summed E-state index contributed by atoms with van der Waals surface area (Å²) in [5.74, 6) is 0.509. The average molecular weight is 472 g/mol. The molecule has 2 amide bonds. The van der Waals surface area contributed by atoms with Crippen molar-refractivity contribution in [1.29, 1.82) is 0 Å². The molecule has 3 rings (SSSR count). The lowest BCUT2D eigenvalue weighted by molar-refractivity contribution is -0.134. The first-order valence-electron chi connectivity index (χ1n) is 10.4. The average Bonchev–Trinajstić information content (AvgIpc) is 3.20. The van der Waals surface area contributed by atoms with Crippen LogP contribution in [0.1, 0.15) is 20.8 Å². The quantitative estimate of drug-likeness (QED) is 0.476. The van der Waals surface area contributed by atoms with E-state index in [1.54, 1.807) is 12.1 Å². The van der Waals surface area contributed by atoms with Crippen LogP contribution in [0.2, 0.25) is 5.02 Å². The summed E-state index contributed by atoms with van der Waals surface area (Å²) in [6, 6.07) is 17.1. The van der Waals surface area contributed by atoms with Gasteiger partial charge in [-0.25, -0.2) is 0 Å². The lowest BCUT2D eigenvalue weighted by atomic mass is 10.2. The van der Waals surface area contributed by atoms with Crippen molar-refractivity contribution in [2.75, 3.05) is 18.8 Å². The Morgan fingerprint density at radius 2 is 1.78 bits per heavy atom. The molecule has 168 valence electrons. The van der Waals surface area contributed by atoms with Gasteiger partial charge in [0.1, 0.15) is 0 Å². The molecule has 3 aromatic rings. The van der Waals surface area contributed by atoms with Gasteiger partial charge in [0.15, 0.2) is 11.0 Å². The first-order valence-corrected chi connectivity index (χ1v) is 11.7. The van der Waals surface area contributed by atoms with Gasteiger partial charge in [-0.1, -0.05) is 53.7 Å². The number of aromatic nitrogens is 3. The van der Waals surface area contributed by atoms with E-state index >= 15 is 0 Å². The molecule has 0 aliphatic rings. The van der Waals surface area contributed by atoms with E-state index in [1.807, 2.05) is 67.8 Å². The van der Waals surface area contributed by atoms with Crippen LogP contribution in [0, 0.1) is 0 Å². The molecule has 0 fully saturated rings. The van der Waals surface area contributed by atoms with Gasteiger partial charge >= 0.3 is 0 Å². The van der Waals surface area contributed by atoms with E-state index in [0.717, 1.165) is 11.3 Å². The number of nitrogens with one attached hydrogen (secondary N) is 1. The molecule has 9 heteroatoms. The van der Waals surface area contributed by atoms with Crippen LogP contribution in [0.15, 0.2) is 59.8 Å².